The normalized spacial score (nSPS) is 11.2. The molecule has 0 saturated carbocycles. The predicted octanol–water partition coefficient (Wildman–Crippen LogP) is 2.75. The van der Waals surface area contributed by atoms with Gasteiger partial charge in [0.1, 0.15) is 4.90 Å². The zero-order chi connectivity index (χ0) is 19.2. The van der Waals surface area contributed by atoms with E-state index in [2.05, 4.69) is 26.0 Å². The number of benzene rings is 2. The topological polar surface area (TPSA) is 84.5 Å². The van der Waals surface area contributed by atoms with E-state index in [1.807, 2.05) is 30.3 Å². The lowest BCUT2D eigenvalue weighted by atomic mass is 10.1. The number of ether oxygens (including phenoxy) is 1. The highest BCUT2D eigenvalue weighted by atomic mass is 79.9. The number of methoxy groups -OCH3 is 1. The molecule has 26 heavy (non-hydrogen) atoms. The molecule has 140 valence electrons. The summed E-state index contributed by atoms with van der Waals surface area (Å²) in [7, 11) is -2.62. The molecule has 0 unspecified atom stereocenters. The summed E-state index contributed by atoms with van der Waals surface area (Å²) in [6.45, 7) is 0.0288. The number of carbonyl (C=O) groups excluding carboxylic acids is 1. The molecule has 6 nitrogen and oxygen atoms in total. The van der Waals surface area contributed by atoms with E-state index < -0.39 is 15.9 Å². The molecule has 0 aliphatic rings. The maximum Gasteiger partial charge on any atom is 0.244 e. The van der Waals surface area contributed by atoms with Crippen LogP contribution in [0.1, 0.15) is 5.56 Å². The number of hydrogen-bond donors (Lipinski definition) is 2. The van der Waals surface area contributed by atoms with Crippen molar-refractivity contribution < 1.29 is 17.9 Å². The average molecular weight is 462 g/mol. The number of carbonyl (C=O) groups is 1. The molecule has 0 atom stereocenters. The molecule has 0 fully saturated rings. The minimum atomic E-state index is -3.97. The van der Waals surface area contributed by atoms with Gasteiger partial charge in [-0.3, -0.25) is 4.79 Å². The van der Waals surface area contributed by atoms with Crippen LogP contribution in [0.4, 0.5) is 0 Å². The molecular formula is C17H18BrClN2O4S. The first-order valence-corrected chi connectivity index (χ1v) is 10.3. The van der Waals surface area contributed by atoms with E-state index in [1.165, 1.54) is 19.2 Å². The quantitative estimate of drug-likeness (QED) is 0.633. The second kappa shape index (κ2) is 9.36. The minimum absolute atomic E-state index is 0.117. The highest BCUT2D eigenvalue weighted by Gasteiger charge is 2.23. The molecule has 0 radical (unpaired) electrons. The first kappa shape index (κ1) is 20.7. The molecule has 0 saturated heterocycles. The van der Waals surface area contributed by atoms with Crippen molar-refractivity contribution in [1.82, 2.24) is 10.0 Å². The van der Waals surface area contributed by atoms with Gasteiger partial charge in [-0.05, 0) is 40.0 Å². The summed E-state index contributed by atoms with van der Waals surface area (Å²) in [5.74, 6) is -0.309. The Morgan fingerprint density at radius 2 is 1.92 bits per heavy atom. The molecule has 2 N–H and O–H groups in total. The van der Waals surface area contributed by atoms with E-state index in [-0.39, 0.29) is 22.2 Å². The van der Waals surface area contributed by atoms with Crippen LogP contribution < -0.4 is 14.8 Å². The van der Waals surface area contributed by atoms with Gasteiger partial charge in [0.15, 0.2) is 5.75 Å². The van der Waals surface area contributed by atoms with Crippen molar-refractivity contribution in [1.29, 1.82) is 0 Å². The van der Waals surface area contributed by atoms with E-state index in [4.69, 9.17) is 16.3 Å². The second-order valence-electron chi connectivity index (χ2n) is 5.33. The molecule has 1 amide bonds. The van der Waals surface area contributed by atoms with Gasteiger partial charge in [-0.2, -0.15) is 0 Å². The van der Waals surface area contributed by atoms with Crippen LogP contribution in [0.25, 0.3) is 0 Å². The minimum Gasteiger partial charge on any atom is -0.494 e. The first-order valence-electron chi connectivity index (χ1n) is 7.67. The Morgan fingerprint density at radius 1 is 1.23 bits per heavy atom. The molecule has 0 aromatic heterocycles. The van der Waals surface area contributed by atoms with E-state index in [0.29, 0.717) is 17.4 Å². The summed E-state index contributed by atoms with van der Waals surface area (Å²) in [5.41, 5.74) is 1.09. The van der Waals surface area contributed by atoms with Gasteiger partial charge >= 0.3 is 0 Å². The van der Waals surface area contributed by atoms with Crippen LogP contribution in [0, 0.1) is 0 Å². The van der Waals surface area contributed by atoms with Crippen LogP contribution in [0.15, 0.2) is 51.8 Å². The first-order chi connectivity index (χ1) is 12.3. The van der Waals surface area contributed by atoms with Gasteiger partial charge in [-0.15, -0.1) is 0 Å². The van der Waals surface area contributed by atoms with Crippen LogP contribution in [0.2, 0.25) is 5.02 Å². The summed E-state index contributed by atoms with van der Waals surface area (Å²) in [6, 6.07) is 12.5. The number of halogens is 2. The maximum atomic E-state index is 12.5. The number of sulfonamides is 1. The van der Waals surface area contributed by atoms with Gasteiger partial charge in [0.25, 0.3) is 0 Å². The Labute approximate surface area is 166 Å². The highest BCUT2D eigenvalue weighted by molar-refractivity contribution is 9.10. The third-order valence-corrected chi connectivity index (χ3v) is 5.68. The Balaban J connectivity index is 1.94. The Morgan fingerprint density at radius 3 is 2.58 bits per heavy atom. The summed E-state index contributed by atoms with van der Waals surface area (Å²) in [6.07, 6.45) is 0.661. The van der Waals surface area contributed by atoms with Crippen molar-refractivity contribution >= 4 is 43.5 Å². The van der Waals surface area contributed by atoms with Gasteiger partial charge in [-0.25, -0.2) is 13.1 Å². The largest absolute Gasteiger partial charge is 0.494 e. The van der Waals surface area contributed by atoms with Gasteiger partial charge in [0, 0.05) is 11.6 Å². The van der Waals surface area contributed by atoms with Crippen LogP contribution >= 0.6 is 27.5 Å². The number of nitrogens with one attached hydrogen (secondary N) is 2. The number of amides is 1. The van der Waals surface area contributed by atoms with E-state index in [9.17, 15) is 13.2 Å². The molecule has 0 spiro atoms. The van der Waals surface area contributed by atoms with Crippen LogP contribution in [-0.4, -0.2) is 34.5 Å². The fourth-order valence-corrected chi connectivity index (χ4v) is 4.59. The smallest absolute Gasteiger partial charge is 0.244 e. The fraction of sp³-hybridized carbons (Fsp3) is 0.235. The highest BCUT2D eigenvalue weighted by Crippen LogP contribution is 2.35. The third-order valence-electron chi connectivity index (χ3n) is 3.47. The molecule has 0 heterocycles. The van der Waals surface area contributed by atoms with Crippen LogP contribution in [0.3, 0.4) is 0 Å². The number of rotatable bonds is 8. The molecule has 0 bridgehead atoms. The van der Waals surface area contributed by atoms with Gasteiger partial charge < -0.3 is 10.1 Å². The zero-order valence-electron chi connectivity index (χ0n) is 14.0. The molecule has 0 aliphatic heterocycles. The maximum absolute atomic E-state index is 12.5. The number of hydrogen-bond acceptors (Lipinski definition) is 4. The summed E-state index contributed by atoms with van der Waals surface area (Å²) < 4.78 is 32.7. The molecule has 9 heteroatoms. The van der Waals surface area contributed by atoms with Crippen LogP contribution in [-0.2, 0) is 21.2 Å². The fourth-order valence-electron chi connectivity index (χ4n) is 2.23. The Hall–Kier alpha value is -1.61. The van der Waals surface area contributed by atoms with E-state index in [1.54, 1.807) is 0 Å². The zero-order valence-corrected chi connectivity index (χ0v) is 17.1. The average Bonchev–Trinajstić information content (AvgIpc) is 2.60. The van der Waals surface area contributed by atoms with Crippen molar-refractivity contribution in [3.05, 3.63) is 57.5 Å². The van der Waals surface area contributed by atoms with Gasteiger partial charge in [-0.1, -0.05) is 41.9 Å². The summed E-state index contributed by atoms with van der Waals surface area (Å²) in [5, 5.41) is 2.90. The van der Waals surface area contributed by atoms with Crippen molar-refractivity contribution in [3.63, 3.8) is 0 Å². The standard InChI is InChI=1S/C17H18BrClN2O4S/c1-25-17-14(18)9-13(19)10-15(17)26(23,24)21-11-16(22)20-8-7-12-5-3-2-4-6-12/h2-6,9-10,21H,7-8,11H2,1H3,(H,20,22). The summed E-state index contributed by atoms with van der Waals surface area (Å²) in [4.78, 5) is 11.8. The Kier molecular flexibility index (Phi) is 7.45. The lowest BCUT2D eigenvalue weighted by Crippen LogP contribution is -2.37. The molecule has 0 aliphatic carbocycles. The van der Waals surface area contributed by atoms with Gasteiger partial charge in [0.05, 0.1) is 18.1 Å². The third kappa shape index (κ3) is 5.70. The van der Waals surface area contributed by atoms with Crippen molar-refractivity contribution in [2.45, 2.75) is 11.3 Å². The molecule has 2 aromatic rings. The van der Waals surface area contributed by atoms with Crippen molar-refractivity contribution in [2.75, 3.05) is 20.2 Å². The Bertz CT molecular complexity index is 876. The molecule has 2 aromatic carbocycles. The van der Waals surface area contributed by atoms with Crippen molar-refractivity contribution in [3.8, 4) is 5.75 Å². The lowest BCUT2D eigenvalue weighted by molar-refractivity contribution is -0.119. The molecular weight excluding hydrogens is 444 g/mol. The predicted molar refractivity (Wildman–Crippen MR) is 104 cm³/mol. The summed E-state index contributed by atoms with van der Waals surface area (Å²) >= 11 is 9.12. The monoisotopic (exact) mass is 460 g/mol. The van der Waals surface area contributed by atoms with Gasteiger partial charge in [0.2, 0.25) is 15.9 Å². The SMILES string of the molecule is COc1c(Br)cc(Cl)cc1S(=O)(=O)NCC(=O)NCCc1ccccc1. The lowest BCUT2D eigenvalue weighted by Gasteiger charge is -2.13. The van der Waals surface area contributed by atoms with E-state index in [0.717, 1.165) is 5.56 Å². The van der Waals surface area contributed by atoms with Crippen LogP contribution in [0.5, 0.6) is 5.75 Å². The molecule has 2 rings (SSSR count). The second-order valence-corrected chi connectivity index (χ2v) is 8.36. The van der Waals surface area contributed by atoms with Crippen molar-refractivity contribution in [2.24, 2.45) is 0 Å². The van der Waals surface area contributed by atoms with E-state index >= 15 is 0 Å².